The van der Waals surface area contributed by atoms with E-state index in [4.69, 9.17) is 0 Å². The van der Waals surface area contributed by atoms with Gasteiger partial charge in [-0.15, -0.1) is 0 Å². The molecular formula is C23H19F5N4O2S. The molecule has 184 valence electrons. The fraction of sp³-hybridized carbons (Fsp3) is 0.261. The molecule has 1 saturated heterocycles. The second-order valence-electron chi connectivity index (χ2n) is 7.86. The third kappa shape index (κ3) is 5.88. The van der Waals surface area contributed by atoms with Crippen LogP contribution in [0.2, 0.25) is 0 Å². The number of rotatable bonds is 6. The number of nitrogens with one attached hydrogen (secondary N) is 1. The van der Waals surface area contributed by atoms with E-state index in [0.29, 0.717) is 29.8 Å². The average molecular weight is 510 g/mol. The third-order valence-corrected chi connectivity index (χ3v) is 6.94. The molecule has 1 aromatic heterocycles. The van der Waals surface area contributed by atoms with E-state index >= 15 is 0 Å². The number of halogens is 5. The summed E-state index contributed by atoms with van der Waals surface area (Å²) in [6.07, 6.45) is -1.67. The molecule has 1 aliphatic rings. The van der Waals surface area contributed by atoms with Crippen molar-refractivity contribution in [3.05, 3.63) is 77.9 Å². The minimum absolute atomic E-state index is 0.0569. The second-order valence-corrected chi connectivity index (χ2v) is 9.30. The normalized spacial score (nSPS) is 17.3. The van der Waals surface area contributed by atoms with Crippen LogP contribution in [0.1, 0.15) is 24.2 Å². The van der Waals surface area contributed by atoms with E-state index in [-0.39, 0.29) is 17.7 Å². The SMILES string of the molecule is O=C(NCc1cc(F)cc(-c2cnc(C(F)(F)F)nc2)c1)C1CCCN1S(=O)c1ccc(F)cc1. The van der Waals surface area contributed by atoms with Gasteiger partial charge in [0.1, 0.15) is 28.7 Å². The fourth-order valence-corrected chi connectivity index (χ4v) is 5.10. The van der Waals surface area contributed by atoms with Crippen LogP contribution in [0.5, 0.6) is 0 Å². The van der Waals surface area contributed by atoms with Crippen molar-refractivity contribution in [2.24, 2.45) is 0 Å². The van der Waals surface area contributed by atoms with Gasteiger partial charge in [0, 0.05) is 31.0 Å². The first kappa shape index (κ1) is 24.9. The summed E-state index contributed by atoms with van der Waals surface area (Å²) < 4.78 is 79.8. The van der Waals surface area contributed by atoms with E-state index in [1.165, 1.54) is 40.7 Å². The number of carbonyl (C=O) groups excluding carboxylic acids is 1. The summed E-state index contributed by atoms with van der Waals surface area (Å²) >= 11 is 0. The molecule has 12 heteroatoms. The molecule has 1 fully saturated rings. The Morgan fingerprint density at radius 1 is 1.03 bits per heavy atom. The summed E-state index contributed by atoms with van der Waals surface area (Å²) in [5.74, 6) is -2.81. The van der Waals surface area contributed by atoms with Crippen LogP contribution in [0.25, 0.3) is 11.1 Å². The summed E-state index contributed by atoms with van der Waals surface area (Å²) in [7, 11) is -1.65. The summed E-state index contributed by atoms with van der Waals surface area (Å²) in [5, 5.41) is 2.70. The lowest BCUT2D eigenvalue weighted by molar-refractivity contribution is -0.145. The predicted octanol–water partition coefficient (Wildman–Crippen LogP) is 4.24. The zero-order chi connectivity index (χ0) is 25.2. The molecule has 3 aromatic rings. The Labute approximate surface area is 199 Å². The van der Waals surface area contributed by atoms with Gasteiger partial charge in [-0.2, -0.15) is 13.2 Å². The summed E-state index contributed by atoms with van der Waals surface area (Å²) in [6, 6.07) is 8.34. The molecule has 2 heterocycles. The zero-order valence-corrected chi connectivity index (χ0v) is 18.9. The highest BCUT2D eigenvalue weighted by Crippen LogP contribution is 2.28. The van der Waals surface area contributed by atoms with E-state index in [0.717, 1.165) is 18.5 Å². The van der Waals surface area contributed by atoms with Crippen molar-refractivity contribution < 1.29 is 31.0 Å². The maximum Gasteiger partial charge on any atom is 0.451 e. The maximum atomic E-state index is 14.2. The first-order valence-electron chi connectivity index (χ1n) is 10.5. The van der Waals surface area contributed by atoms with E-state index in [1.807, 2.05) is 0 Å². The Morgan fingerprint density at radius 3 is 2.37 bits per heavy atom. The first-order chi connectivity index (χ1) is 16.6. The minimum Gasteiger partial charge on any atom is -0.351 e. The van der Waals surface area contributed by atoms with Crippen molar-refractivity contribution in [3.63, 3.8) is 0 Å². The highest BCUT2D eigenvalue weighted by Gasteiger charge is 2.35. The molecule has 0 saturated carbocycles. The van der Waals surface area contributed by atoms with Crippen LogP contribution in [0.4, 0.5) is 22.0 Å². The van der Waals surface area contributed by atoms with Crippen molar-refractivity contribution in [2.75, 3.05) is 6.54 Å². The van der Waals surface area contributed by atoms with Crippen LogP contribution in [0.15, 0.2) is 59.8 Å². The smallest absolute Gasteiger partial charge is 0.351 e. The number of alkyl halides is 3. The maximum absolute atomic E-state index is 14.2. The Hall–Kier alpha value is -3.25. The van der Waals surface area contributed by atoms with Crippen LogP contribution in [-0.4, -0.2) is 37.0 Å². The molecule has 2 atom stereocenters. The van der Waals surface area contributed by atoms with Gasteiger partial charge in [0.25, 0.3) is 0 Å². The molecule has 2 unspecified atom stereocenters. The Kier molecular flexibility index (Phi) is 7.22. The van der Waals surface area contributed by atoms with E-state index in [1.54, 1.807) is 0 Å². The van der Waals surface area contributed by atoms with Gasteiger partial charge >= 0.3 is 6.18 Å². The number of aromatic nitrogens is 2. The van der Waals surface area contributed by atoms with Crippen LogP contribution >= 0.6 is 0 Å². The van der Waals surface area contributed by atoms with E-state index in [9.17, 15) is 31.0 Å². The van der Waals surface area contributed by atoms with Crippen molar-refractivity contribution in [1.29, 1.82) is 0 Å². The molecule has 2 aromatic carbocycles. The highest BCUT2D eigenvalue weighted by atomic mass is 32.2. The van der Waals surface area contributed by atoms with Gasteiger partial charge in [0.2, 0.25) is 11.7 Å². The quantitative estimate of drug-likeness (QED) is 0.504. The molecule has 1 aliphatic heterocycles. The largest absolute Gasteiger partial charge is 0.451 e. The zero-order valence-electron chi connectivity index (χ0n) is 18.1. The topological polar surface area (TPSA) is 75.2 Å². The lowest BCUT2D eigenvalue weighted by atomic mass is 10.1. The van der Waals surface area contributed by atoms with E-state index < -0.39 is 46.6 Å². The number of benzene rings is 2. The van der Waals surface area contributed by atoms with Gasteiger partial charge in [-0.3, -0.25) is 4.79 Å². The van der Waals surface area contributed by atoms with Crippen LogP contribution < -0.4 is 5.32 Å². The molecule has 0 spiro atoms. The number of carbonyl (C=O) groups is 1. The van der Waals surface area contributed by atoms with Crippen molar-refractivity contribution >= 4 is 16.9 Å². The Morgan fingerprint density at radius 2 is 1.71 bits per heavy atom. The molecule has 6 nitrogen and oxygen atoms in total. The van der Waals surface area contributed by atoms with Gasteiger partial charge in [-0.1, -0.05) is 0 Å². The number of hydrogen-bond acceptors (Lipinski definition) is 4. The number of hydrogen-bond donors (Lipinski definition) is 1. The lowest BCUT2D eigenvalue weighted by Gasteiger charge is -2.22. The Balaban J connectivity index is 1.44. The molecule has 0 bridgehead atoms. The van der Waals surface area contributed by atoms with Crippen molar-refractivity contribution in [1.82, 2.24) is 19.6 Å². The average Bonchev–Trinajstić information content (AvgIpc) is 3.32. The summed E-state index contributed by atoms with van der Waals surface area (Å²) in [5.41, 5.74) is 0.807. The number of nitrogens with zero attached hydrogens (tertiary/aromatic N) is 3. The molecule has 4 rings (SSSR count). The van der Waals surface area contributed by atoms with Gasteiger partial charge < -0.3 is 5.32 Å². The van der Waals surface area contributed by atoms with Crippen LogP contribution in [-0.2, 0) is 28.5 Å². The van der Waals surface area contributed by atoms with Crippen molar-refractivity contribution in [3.8, 4) is 11.1 Å². The van der Waals surface area contributed by atoms with Gasteiger partial charge in [0.05, 0.1) is 4.90 Å². The lowest BCUT2D eigenvalue weighted by Crippen LogP contribution is -2.43. The highest BCUT2D eigenvalue weighted by molar-refractivity contribution is 7.82. The minimum atomic E-state index is -4.69. The standard InChI is InChI=1S/C23H19F5N4O2S/c24-17-3-5-19(6-4-17)35(34)32-7-1-2-20(32)21(33)29-11-14-8-15(10-18(25)9-14)16-12-30-22(31-13-16)23(26,27)28/h3-6,8-10,12-13,20H,1-2,7,11H2,(H,29,33). The molecular weight excluding hydrogens is 491 g/mol. The predicted molar refractivity (Wildman–Crippen MR) is 117 cm³/mol. The van der Waals surface area contributed by atoms with Gasteiger partial charge in [0.15, 0.2) is 0 Å². The molecule has 1 N–H and O–H groups in total. The fourth-order valence-electron chi connectivity index (χ4n) is 3.74. The van der Waals surface area contributed by atoms with Crippen LogP contribution in [0, 0.1) is 11.6 Å². The monoisotopic (exact) mass is 510 g/mol. The van der Waals surface area contributed by atoms with Crippen molar-refractivity contribution in [2.45, 2.75) is 36.5 Å². The molecule has 35 heavy (non-hydrogen) atoms. The van der Waals surface area contributed by atoms with Crippen LogP contribution in [0.3, 0.4) is 0 Å². The molecule has 1 amide bonds. The molecule has 0 radical (unpaired) electrons. The third-order valence-electron chi connectivity index (χ3n) is 5.40. The molecule has 0 aliphatic carbocycles. The first-order valence-corrected chi connectivity index (χ1v) is 11.6. The Bertz CT molecular complexity index is 1240. The summed E-state index contributed by atoms with van der Waals surface area (Å²) in [6.45, 7) is 0.360. The van der Waals surface area contributed by atoms with E-state index in [2.05, 4.69) is 15.3 Å². The second kappa shape index (κ2) is 10.2. The van der Waals surface area contributed by atoms with Gasteiger partial charge in [-0.25, -0.2) is 27.3 Å². The summed E-state index contributed by atoms with van der Waals surface area (Å²) in [4.78, 5) is 19.8. The van der Waals surface area contributed by atoms with Gasteiger partial charge in [-0.05, 0) is 66.4 Å². The number of amides is 1.